The molecule has 4 aliphatic rings. The van der Waals surface area contributed by atoms with Crippen LogP contribution in [-0.2, 0) is 23.9 Å². The van der Waals surface area contributed by atoms with Crippen molar-refractivity contribution in [3.05, 3.63) is 52.6 Å². The van der Waals surface area contributed by atoms with E-state index in [1.807, 2.05) is 20.2 Å². The van der Waals surface area contributed by atoms with Crippen molar-refractivity contribution < 1.29 is 23.9 Å². The lowest BCUT2D eigenvalue weighted by Crippen LogP contribution is -2.58. The lowest BCUT2D eigenvalue weighted by molar-refractivity contribution is -0.185. The number of methoxy groups -OCH3 is 1. The van der Waals surface area contributed by atoms with E-state index in [1.165, 1.54) is 36.3 Å². The van der Waals surface area contributed by atoms with Gasteiger partial charge in [0, 0.05) is 51.6 Å². The summed E-state index contributed by atoms with van der Waals surface area (Å²) in [6.45, 7) is 3.52. The van der Waals surface area contributed by atoms with Gasteiger partial charge in [-0.2, -0.15) is 0 Å². The number of esters is 1. The van der Waals surface area contributed by atoms with Gasteiger partial charge in [0.1, 0.15) is 6.61 Å². The molecule has 2 saturated carbocycles. The molecule has 1 aromatic carbocycles. The minimum atomic E-state index is -1.18. The molecule has 0 N–H and O–H groups in total. The summed E-state index contributed by atoms with van der Waals surface area (Å²) in [5.41, 5.74) is 4.70. The number of fused-ring (bicyclic) bond motifs is 4. The number of ether oxygens (including phenoxy) is 2. The Kier molecular flexibility index (Phi) is 7.98. The van der Waals surface area contributed by atoms with Crippen LogP contribution < -0.4 is 4.90 Å². The molecule has 1 aromatic rings. The molecule has 5 rings (SSSR count). The Balaban J connectivity index is 0.00000336. The molecule has 7 heteroatoms. The second kappa shape index (κ2) is 10.6. The zero-order valence-corrected chi connectivity index (χ0v) is 24.0. The molecule has 5 atom stereocenters. The molecule has 6 nitrogen and oxygen atoms in total. The van der Waals surface area contributed by atoms with Crippen LogP contribution in [0.25, 0.3) is 0 Å². The van der Waals surface area contributed by atoms with Crippen LogP contribution in [-0.4, -0.2) is 50.9 Å². The van der Waals surface area contributed by atoms with Gasteiger partial charge in [0.2, 0.25) is 5.78 Å². The van der Waals surface area contributed by atoms with Gasteiger partial charge in [-0.15, -0.1) is 12.4 Å². The Bertz CT molecular complexity index is 1190. The summed E-state index contributed by atoms with van der Waals surface area (Å²) in [5.74, 6) is 0.301. The molecule has 38 heavy (non-hydrogen) atoms. The normalized spacial score (nSPS) is 31.9. The Morgan fingerprint density at radius 2 is 1.79 bits per heavy atom. The van der Waals surface area contributed by atoms with E-state index in [0.29, 0.717) is 18.8 Å². The SMILES string of the molecule is COCC(=O)[C@@]1(OC(C)=O)CCC2C3CCC4=CC(=O)CCC4=C3[C@@H](c3ccc(N(C)C)cc3)CC21C.Cl. The Morgan fingerprint density at radius 1 is 1.08 bits per heavy atom. The fourth-order valence-electron chi connectivity index (χ4n) is 8.13. The fourth-order valence-corrected chi connectivity index (χ4v) is 8.13. The molecule has 0 saturated heterocycles. The summed E-state index contributed by atoms with van der Waals surface area (Å²) in [7, 11) is 5.59. The first-order valence-electron chi connectivity index (χ1n) is 13.6. The highest BCUT2D eigenvalue weighted by atomic mass is 35.5. The van der Waals surface area contributed by atoms with Crippen LogP contribution in [0.4, 0.5) is 5.69 Å². The fraction of sp³-hybridized carbons (Fsp3) is 0.581. The number of nitrogens with zero attached hydrogens (tertiary/aromatic N) is 1. The molecule has 0 heterocycles. The number of carbonyl (C=O) groups is 3. The summed E-state index contributed by atoms with van der Waals surface area (Å²) in [6, 6.07) is 8.72. The number of Topliss-reactive ketones (excluding diaryl/α,β-unsaturated/α-hetero) is 1. The van der Waals surface area contributed by atoms with E-state index in [4.69, 9.17) is 9.47 Å². The van der Waals surface area contributed by atoms with Crippen molar-refractivity contribution in [2.24, 2.45) is 17.3 Å². The largest absolute Gasteiger partial charge is 0.451 e. The van der Waals surface area contributed by atoms with Crippen LogP contribution in [0.1, 0.15) is 70.3 Å². The maximum atomic E-state index is 13.7. The minimum Gasteiger partial charge on any atom is -0.451 e. The summed E-state index contributed by atoms with van der Waals surface area (Å²) in [5, 5.41) is 0. The average Bonchev–Trinajstić information content (AvgIpc) is 3.15. The second-order valence-corrected chi connectivity index (χ2v) is 11.8. The van der Waals surface area contributed by atoms with Crippen molar-refractivity contribution >= 4 is 35.6 Å². The highest BCUT2D eigenvalue weighted by Gasteiger charge is 2.68. The quantitative estimate of drug-likeness (QED) is 0.437. The number of carbonyl (C=O) groups excluding carboxylic acids is 3. The summed E-state index contributed by atoms with van der Waals surface area (Å²) < 4.78 is 11.4. The third-order valence-corrected chi connectivity index (χ3v) is 9.71. The van der Waals surface area contributed by atoms with E-state index in [0.717, 1.165) is 37.8 Å². The lowest BCUT2D eigenvalue weighted by Gasteiger charge is -2.55. The predicted octanol–water partition coefficient (Wildman–Crippen LogP) is 5.59. The Labute approximate surface area is 232 Å². The van der Waals surface area contributed by atoms with Crippen molar-refractivity contribution in [1.29, 1.82) is 0 Å². The van der Waals surface area contributed by atoms with Gasteiger partial charge in [0.05, 0.1) is 0 Å². The molecule has 0 radical (unpaired) electrons. The molecule has 3 unspecified atom stereocenters. The van der Waals surface area contributed by atoms with Gasteiger partial charge in [-0.05, 0) is 85.3 Å². The number of ketones is 2. The standard InChI is InChI=1S/C31H39NO5.ClH/c1-19(33)37-31(28(35)18-36-5)15-14-27-25-12-8-21-16-23(34)11-13-24(21)29(25)26(17-30(27,31)2)20-6-9-22(10-7-20)32(3)4;/h6-7,9-10,16,25-27H,8,11-15,17-18H2,1-5H3;1H/t25?,26-,27?,30?,31+;/m1./s1. The van der Waals surface area contributed by atoms with Gasteiger partial charge < -0.3 is 14.4 Å². The van der Waals surface area contributed by atoms with Gasteiger partial charge in [-0.25, -0.2) is 0 Å². The number of rotatable bonds is 6. The van der Waals surface area contributed by atoms with E-state index in [2.05, 4.69) is 36.1 Å². The molecule has 0 aromatic heterocycles. The van der Waals surface area contributed by atoms with Crippen molar-refractivity contribution in [3.8, 4) is 0 Å². The Morgan fingerprint density at radius 3 is 2.42 bits per heavy atom. The number of benzene rings is 1. The third-order valence-electron chi connectivity index (χ3n) is 9.71. The van der Waals surface area contributed by atoms with E-state index >= 15 is 0 Å². The van der Waals surface area contributed by atoms with Crippen LogP contribution in [0.2, 0.25) is 0 Å². The maximum Gasteiger partial charge on any atom is 0.303 e. The van der Waals surface area contributed by atoms with Crippen LogP contribution in [0.15, 0.2) is 47.1 Å². The minimum absolute atomic E-state index is 0. The monoisotopic (exact) mass is 541 g/mol. The first-order chi connectivity index (χ1) is 17.6. The lowest BCUT2D eigenvalue weighted by atomic mass is 9.50. The molecular weight excluding hydrogens is 502 g/mol. The molecule has 0 amide bonds. The number of allylic oxidation sites excluding steroid dienone is 4. The summed E-state index contributed by atoms with van der Waals surface area (Å²) >= 11 is 0. The Hall–Kier alpha value is -2.44. The molecule has 0 spiro atoms. The van der Waals surface area contributed by atoms with E-state index in [9.17, 15) is 14.4 Å². The van der Waals surface area contributed by atoms with Gasteiger partial charge in [-0.3, -0.25) is 14.4 Å². The number of anilines is 1. The first kappa shape index (κ1) is 28.6. The number of halogens is 1. The molecular formula is C31H40ClNO5. The molecule has 2 fully saturated rings. The van der Waals surface area contributed by atoms with Crippen molar-refractivity contribution in [2.75, 3.05) is 32.7 Å². The predicted molar refractivity (Wildman–Crippen MR) is 150 cm³/mol. The molecule has 0 bridgehead atoms. The average molecular weight is 542 g/mol. The smallest absolute Gasteiger partial charge is 0.303 e. The van der Waals surface area contributed by atoms with Gasteiger partial charge in [0.25, 0.3) is 0 Å². The van der Waals surface area contributed by atoms with Gasteiger partial charge >= 0.3 is 5.97 Å². The van der Waals surface area contributed by atoms with Crippen LogP contribution >= 0.6 is 12.4 Å². The topological polar surface area (TPSA) is 72.9 Å². The van der Waals surface area contributed by atoms with E-state index < -0.39 is 17.0 Å². The van der Waals surface area contributed by atoms with Gasteiger partial charge in [0.15, 0.2) is 11.4 Å². The highest BCUT2D eigenvalue weighted by Crippen LogP contribution is 2.67. The first-order valence-corrected chi connectivity index (χ1v) is 13.6. The van der Waals surface area contributed by atoms with Crippen molar-refractivity contribution in [2.45, 2.75) is 70.3 Å². The zero-order valence-electron chi connectivity index (χ0n) is 23.2. The molecule has 206 valence electrons. The van der Waals surface area contributed by atoms with Gasteiger partial charge in [-0.1, -0.05) is 24.6 Å². The zero-order chi connectivity index (χ0) is 26.5. The molecule has 0 aliphatic heterocycles. The highest BCUT2D eigenvalue weighted by molar-refractivity contribution is 5.93. The summed E-state index contributed by atoms with van der Waals surface area (Å²) in [6.07, 6.45) is 7.17. The van der Waals surface area contributed by atoms with Crippen molar-refractivity contribution in [1.82, 2.24) is 0 Å². The summed E-state index contributed by atoms with van der Waals surface area (Å²) in [4.78, 5) is 40.5. The van der Waals surface area contributed by atoms with E-state index in [1.54, 1.807) is 0 Å². The van der Waals surface area contributed by atoms with Crippen LogP contribution in [0.5, 0.6) is 0 Å². The number of hydrogen-bond donors (Lipinski definition) is 0. The van der Waals surface area contributed by atoms with Crippen LogP contribution in [0, 0.1) is 17.3 Å². The second-order valence-electron chi connectivity index (χ2n) is 11.8. The van der Waals surface area contributed by atoms with Crippen LogP contribution in [0.3, 0.4) is 0 Å². The molecule has 4 aliphatic carbocycles. The third kappa shape index (κ3) is 4.44. The maximum absolute atomic E-state index is 13.7. The van der Waals surface area contributed by atoms with E-state index in [-0.39, 0.29) is 42.4 Å². The number of hydrogen-bond acceptors (Lipinski definition) is 6. The van der Waals surface area contributed by atoms with Crippen molar-refractivity contribution in [3.63, 3.8) is 0 Å².